The van der Waals surface area contributed by atoms with Crippen molar-refractivity contribution in [2.24, 2.45) is 0 Å². The summed E-state index contributed by atoms with van der Waals surface area (Å²) in [4.78, 5) is 26.1. The summed E-state index contributed by atoms with van der Waals surface area (Å²) < 4.78 is 5.60. The number of ether oxygens (including phenoxy) is 1. The molecule has 1 saturated heterocycles. The molecule has 3 rings (SSSR count). The van der Waals surface area contributed by atoms with Crippen LogP contribution in [0, 0.1) is 0 Å². The van der Waals surface area contributed by atoms with E-state index in [4.69, 9.17) is 9.84 Å². The molecular weight excluding hydrogens is 354 g/mol. The van der Waals surface area contributed by atoms with Crippen LogP contribution in [0.2, 0.25) is 0 Å². The Hall–Kier alpha value is -2.82. The van der Waals surface area contributed by atoms with Gasteiger partial charge in [-0.25, -0.2) is 4.79 Å². The molecule has 28 heavy (non-hydrogen) atoms. The van der Waals surface area contributed by atoms with Crippen LogP contribution in [0.3, 0.4) is 0 Å². The summed E-state index contributed by atoms with van der Waals surface area (Å²) in [6.45, 7) is 8.37. The molecule has 148 valence electrons. The van der Waals surface area contributed by atoms with Gasteiger partial charge >= 0.3 is 5.97 Å². The summed E-state index contributed by atoms with van der Waals surface area (Å²) in [5.74, 6) is -0.597. The Bertz CT molecular complexity index is 859. The van der Waals surface area contributed by atoms with Gasteiger partial charge in [-0.1, -0.05) is 20.8 Å². The van der Waals surface area contributed by atoms with Gasteiger partial charge in [0.25, 0.3) is 0 Å². The van der Waals surface area contributed by atoms with Gasteiger partial charge in [0.2, 0.25) is 0 Å². The smallest absolute Gasteiger partial charge is 0.335 e. The number of aromatic carboxylic acids is 1. The highest BCUT2D eigenvalue weighted by molar-refractivity contribution is 5.99. The third-order valence-electron chi connectivity index (χ3n) is 5.05. The number of carbonyl (C=O) groups is 2. The third-order valence-corrected chi connectivity index (χ3v) is 5.05. The number of rotatable bonds is 6. The Labute approximate surface area is 165 Å². The van der Waals surface area contributed by atoms with Crippen LogP contribution in [-0.2, 0) is 5.41 Å². The summed E-state index contributed by atoms with van der Waals surface area (Å²) in [5.41, 5.74) is 2.89. The van der Waals surface area contributed by atoms with Crippen LogP contribution in [0.5, 0.6) is 5.75 Å². The molecule has 1 fully saturated rings. The molecule has 0 saturated carbocycles. The van der Waals surface area contributed by atoms with Crippen molar-refractivity contribution in [3.63, 3.8) is 0 Å². The summed E-state index contributed by atoms with van der Waals surface area (Å²) in [6.07, 6.45) is 2.42. The van der Waals surface area contributed by atoms with Gasteiger partial charge in [-0.3, -0.25) is 4.79 Å². The first kappa shape index (κ1) is 19.9. The Morgan fingerprint density at radius 1 is 1.04 bits per heavy atom. The van der Waals surface area contributed by atoms with E-state index in [0.29, 0.717) is 11.3 Å². The number of carboxylic acids is 1. The first-order valence-electron chi connectivity index (χ1n) is 9.64. The summed E-state index contributed by atoms with van der Waals surface area (Å²) in [6, 6.07) is 12.1. The normalized spacial score (nSPS) is 14.2. The van der Waals surface area contributed by atoms with E-state index in [0.717, 1.165) is 18.7 Å². The maximum absolute atomic E-state index is 12.9. The second-order valence-corrected chi connectivity index (χ2v) is 8.22. The first-order valence-corrected chi connectivity index (χ1v) is 9.64. The van der Waals surface area contributed by atoms with Crippen molar-refractivity contribution in [3.8, 4) is 5.75 Å². The Kier molecular flexibility index (Phi) is 5.73. The predicted molar refractivity (Wildman–Crippen MR) is 110 cm³/mol. The number of benzene rings is 2. The zero-order chi connectivity index (χ0) is 20.3. The van der Waals surface area contributed by atoms with Gasteiger partial charge in [0.05, 0.1) is 5.56 Å². The minimum atomic E-state index is -0.990. The van der Waals surface area contributed by atoms with Gasteiger partial charge in [0.1, 0.15) is 5.75 Å². The van der Waals surface area contributed by atoms with E-state index >= 15 is 0 Å². The Morgan fingerprint density at radius 3 is 2.25 bits per heavy atom. The van der Waals surface area contributed by atoms with E-state index in [2.05, 4.69) is 31.7 Å². The zero-order valence-electron chi connectivity index (χ0n) is 16.7. The molecule has 5 heteroatoms. The molecule has 0 unspecified atom stereocenters. The maximum atomic E-state index is 12.9. The molecule has 1 aliphatic heterocycles. The fourth-order valence-corrected chi connectivity index (χ4v) is 3.49. The molecule has 5 nitrogen and oxygen atoms in total. The van der Waals surface area contributed by atoms with Crippen LogP contribution in [0.4, 0.5) is 5.69 Å². The Balaban J connectivity index is 1.77. The van der Waals surface area contributed by atoms with E-state index in [1.165, 1.54) is 30.7 Å². The quantitative estimate of drug-likeness (QED) is 0.744. The van der Waals surface area contributed by atoms with E-state index < -0.39 is 5.97 Å². The average molecular weight is 381 g/mol. The molecule has 1 heterocycles. The fourth-order valence-electron chi connectivity index (χ4n) is 3.49. The summed E-state index contributed by atoms with van der Waals surface area (Å²) in [5, 5.41) is 8.95. The second kappa shape index (κ2) is 8.05. The first-order chi connectivity index (χ1) is 13.3. The molecule has 0 spiro atoms. The largest absolute Gasteiger partial charge is 0.485 e. The standard InChI is InChI=1S/C23H27NO4/c1-23(2,3)20-14-17(24-12-4-5-13-24)8-11-19(20)21(25)15-28-18-9-6-16(7-10-18)22(26)27/h6-11,14H,4-5,12-13,15H2,1-3H3,(H,26,27). The number of carboxylic acid groups (broad SMARTS) is 1. The summed E-state index contributed by atoms with van der Waals surface area (Å²) >= 11 is 0. The number of anilines is 1. The van der Waals surface area contributed by atoms with Crippen LogP contribution in [-0.4, -0.2) is 36.6 Å². The lowest BCUT2D eigenvalue weighted by atomic mass is 9.82. The number of Topliss-reactive ketones (excluding diaryl/α,β-unsaturated/α-hetero) is 1. The average Bonchev–Trinajstić information content (AvgIpc) is 3.20. The summed E-state index contributed by atoms with van der Waals surface area (Å²) in [7, 11) is 0. The van der Waals surface area contributed by atoms with Crippen molar-refractivity contribution in [2.75, 3.05) is 24.6 Å². The van der Waals surface area contributed by atoms with Crippen LogP contribution >= 0.6 is 0 Å². The van der Waals surface area contributed by atoms with Gasteiger partial charge in [-0.15, -0.1) is 0 Å². The van der Waals surface area contributed by atoms with E-state index in [-0.39, 0.29) is 23.4 Å². The van der Waals surface area contributed by atoms with Gasteiger partial charge < -0.3 is 14.7 Å². The van der Waals surface area contributed by atoms with Crippen molar-refractivity contribution >= 4 is 17.4 Å². The minimum absolute atomic E-state index is 0.0831. The molecule has 2 aromatic rings. The molecule has 0 aliphatic carbocycles. The molecule has 0 radical (unpaired) electrons. The van der Waals surface area contributed by atoms with Crippen molar-refractivity contribution in [2.45, 2.75) is 39.0 Å². The number of carbonyl (C=O) groups excluding carboxylic acids is 1. The zero-order valence-corrected chi connectivity index (χ0v) is 16.7. The van der Waals surface area contributed by atoms with Gasteiger partial charge in [0, 0.05) is 24.3 Å². The predicted octanol–water partition coefficient (Wildman–Crippen LogP) is 4.54. The Morgan fingerprint density at radius 2 is 1.68 bits per heavy atom. The molecule has 0 bridgehead atoms. The number of hydrogen-bond acceptors (Lipinski definition) is 4. The van der Waals surface area contributed by atoms with Crippen LogP contribution in [0.15, 0.2) is 42.5 Å². The molecule has 1 aliphatic rings. The highest BCUT2D eigenvalue weighted by Gasteiger charge is 2.24. The van der Waals surface area contributed by atoms with Crippen molar-refractivity contribution in [1.82, 2.24) is 0 Å². The number of nitrogens with zero attached hydrogens (tertiary/aromatic N) is 1. The SMILES string of the molecule is CC(C)(C)c1cc(N2CCCC2)ccc1C(=O)COc1ccc(C(=O)O)cc1. The molecule has 0 amide bonds. The molecule has 0 aromatic heterocycles. The van der Waals surface area contributed by atoms with E-state index in [9.17, 15) is 9.59 Å². The monoisotopic (exact) mass is 381 g/mol. The van der Waals surface area contributed by atoms with Gasteiger partial charge in [0.15, 0.2) is 12.4 Å². The topological polar surface area (TPSA) is 66.8 Å². The van der Waals surface area contributed by atoms with E-state index in [1.54, 1.807) is 12.1 Å². The van der Waals surface area contributed by atoms with Crippen molar-refractivity contribution in [3.05, 3.63) is 59.2 Å². The van der Waals surface area contributed by atoms with Crippen LogP contribution in [0.25, 0.3) is 0 Å². The van der Waals surface area contributed by atoms with Gasteiger partial charge in [-0.05, 0) is 66.3 Å². The number of ketones is 1. The maximum Gasteiger partial charge on any atom is 0.335 e. The highest BCUT2D eigenvalue weighted by Crippen LogP contribution is 2.31. The molecular formula is C23H27NO4. The van der Waals surface area contributed by atoms with Crippen LogP contribution in [0.1, 0.15) is 59.9 Å². The van der Waals surface area contributed by atoms with Crippen molar-refractivity contribution < 1.29 is 19.4 Å². The lowest BCUT2D eigenvalue weighted by Crippen LogP contribution is -2.23. The third kappa shape index (κ3) is 4.53. The van der Waals surface area contributed by atoms with Crippen LogP contribution < -0.4 is 9.64 Å². The lowest BCUT2D eigenvalue weighted by molar-refractivity contribution is 0.0696. The molecule has 0 atom stereocenters. The molecule has 2 aromatic carbocycles. The highest BCUT2D eigenvalue weighted by atomic mass is 16.5. The minimum Gasteiger partial charge on any atom is -0.485 e. The molecule has 1 N–H and O–H groups in total. The second-order valence-electron chi connectivity index (χ2n) is 8.22. The van der Waals surface area contributed by atoms with Gasteiger partial charge in [-0.2, -0.15) is 0 Å². The van der Waals surface area contributed by atoms with E-state index in [1.807, 2.05) is 12.1 Å². The number of hydrogen-bond donors (Lipinski definition) is 1. The fraction of sp³-hybridized carbons (Fsp3) is 0.391. The van der Waals surface area contributed by atoms with Crippen molar-refractivity contribution in [1.29, 1.82) is 0 Å². The lowest BCUT2D eigenvalue weighted by Gasteiger charge is -2.26.